The monoisotopic (exact) mass is 255 g/mol. The normalized spacial score (nSPS) is 15.4. The standard InChI is InChI=1S/C12H24F3NO/c1-9(2)10(6-16-11(3,4)5)7-17-8-12(13,14)15/h9-10,16H,6-8H2,1-5H3. The first-order chi connectivity index (χ1) is 7.51. The smallest absolute Gasteiger partial charge is 0.372 e. The lowest BCUT2D eigenvalue weighted by Crippen LogP contribution is -2.41. The summed E-state index contributed by atoms with van der Waals surface area (Å²) in [5, 5.41) is 3.29. The average molecular weight is 255 g/mol. The molecule has 0 saturated heterocycles. The molecule has 0 aliphatic rings. The maximum atomic E-state index is 11.9. The largest absolute Gasteiger partial charge is 0.411 e. The number of rotatable bonds is 6. The van der Waals surface area contributed by atoms with Crippen LogP contribution in [0.15, 0.2) is 0 Å². The van der Waals surface area contributed by atoms with Crippen LogP contribution < -0.4 is 5.32 Å². The second-order valence-corrected chi connectivity index (χ2v) is 5.77. The van der Waals surface area contributed by atoms with Gasteiger partial charge in [-0.3, -0.25) is 0 Å². The maximum Gasteiger partial charge on any atom is 0.411 e. The van der Waals surface area contributed by atoms with Crippen LogP contribution in [0.1, 0.15) is 34.6 Å². The van der Waals surface area contributed by atoms with Gasteiger partial charge in [-0.1, -0.05) is 13.8 Å². The molecule has 0 fully saturated rings. The van der Waals surface area contributed by atoms with Gasteiger partial charge in [0.25, 0.3) is 0 Å². The van der Waals surface area contributed by atoms with E-state index >= 15 is 0 Å². The molecule has 0 aromatic rings. The van der Waals surface area contributed by atoms with Gasteiger partial charge >= 0.3 is 6.18 Å². The van der Waals surface area contributed by atoms with Crippen molar-refractivity contribution in [2.75, 3.05) is 19.8 Å². The molecule has 0 rings (SSSR count). The van der Waals surface area contributed by atoms with E-state index in [2.05, 4.69) is 5.32 Å². The van der Waals surface area contributed by atoms with Crippen molar-refractivity contribution in [3.05, 3.63) is 0 Å². The third-order valence-electron chi connectivity index (χ3n) is 2.44. The van der Waals surface area contributed by atoms with E-state index in [-0.39, 0.29) is 24.0 Å². The van der Waals surface area contributed by atoms with Crippen molar-refractivity contribution in [2.45, 2.75) is 46.3 Å². The highest BCUT2D eigenvalue weighted by molar-refractivity contribution is 4.74. The summed E-state index contributed by atoms with van der Waals surface area (Å²) in [7, 11) is 0. The molecule has 0 aliphatic carbocycles. The van der Waals surface area contributed by atoms with Gasteiger partial charge in [-0.2, -0.15) is 13.2 Å². The van der Waals surface area contributed by atoms with Crippen LogP contribution in [0.25, 0.3) is 0 Å². The SMILES string of the molecule is CC(C)C(CNC(C)(C)C)COCC(F)(F)F. The zero-order chi connectivity index (χ0) is 13.7. The van der Waals surface area contributed by atoms with E-state index < -0.39 is 12.8 Å². The summed E-state index contributed by atoms with van der Waals surface area (Å²) in [6.45, 7) is 9.71. The van der Waals surface area contributed by atoms with Crippen molar-refractivity contribution in [3.63, 3.8) is 0 Å². The molecular formula is C12H24F3NO. The molecule has 17 heavy (non-hydrogen) atoms. The van der Waals surface area contributed by atoms with Crippen molar-refractivity contribution in [3.8, 4) is 0 Å². The van der Waals surface area contributed by atoms with Gasteiger partial charge in [-0.15, -0.1) is 0 Å². The molecule has 0 bridgehead atoms. The number of hydrogen-bond donors (Lipinski definition) is 1. The van der Waals surface area contributed by atoms with Crippen LogP contribution in [0.4, 0.5) is 13.2 Å². The molecule has 0 saturated carbocycles. The molecule has 1 atom stereocenters. The number of alkyl halides is 3. The van der Waals surface area contributed by atoms with Gasteiger partial charge in [0.15, 0.2) is 0 Å². The molecule has 0 aromatic heterocycles. The summed E-state index contributed by atoms with van der Waals surface area (Å²) in [4.78, 5) is 0. The van der Waals surface area contributed by atoms with Crippen molar-refractivity contribution >= 4 is 0 Å². The summed E-state index contributed by atoms with van der Waals surface area (Å²) in [5.74, 6) is 0.384. The zero-order valence-electron chi connectivity index (χ0n) is 11.3. The van der Waals surface area contributed by atoms with Crippen LogP contribution >= 0.6 is 0 Å². The molecule has 1 unspecified atom stereocenters. The Kier molecular flexibility index (Phi) is 6.48. The first kappa shape index (κ1) is 16.7. The molecule has 104 valence electrons. The van der Waals surface area contributed by atoms with Crippen LogP contribution in [-0.4, -0.2) is 31.5 Å². The Morgan fingerprint density at radius 3 is 2.00 bits per heavy atom. The molecule has 0 aromatic carbocycles. The second-order valence-electron chi connectivity index (χ2n) is 5.77. The second kappa shape index (κ2) is 6.59. The lowest BCUT2D eigenvalue weighted by Gasteiger charge is -2.27. The fourth-order valence-corrected chi connectivity index (χ4v) is 1.25. The molecule has 2 nitrogen and oxygen atoms in total. The summed E-state index contributed by atoms with van der Waals surface area (Å²) < 4.78 is 40.5. The summed E-state index contributed by atoms with van der Waals surface area (Å²) in [6, 6.07) is 0. The number of nitrogens with one attached hydrogen (secondary N) is 1. The molecule has 0 heterocycles. The van der Waals surface area contributed by atoms with Crippen LogP contribution in [0.5, 0.6) is 0 Å². The Morgan fingerprint density at radius 2 is 1.65 bits per heavy atom. The quantitative estimate of drug-likeness (QED) is 0.786. The molecule has 5 heteroatoms. The van der Waals surface area contributed by atoms with Crippen molar-refractivity contribution in [2.24, 2.45) is 11.8 Å². The predicted octanol–water partition coefficient (Wildman–Crippen LogP) is 3.23. The third kappa shape index (κ3) is 10.6. The Labute approximate surface area is 102 Å². The molecule has 0 radical (unpaired) electrons. The summed E-state index contributed by atoms with van der Waals surface area (Å²) >= 11 is 0. The maximum absolute atomic E-state index is 11.9. The van der Waals surface area contributed by atoms with E-state index in [0.717, 1.165) is 0 Å². The van der Waals surface area contributed by atoms with E-state index in [4.69, 9.17) is 4.74 Å². The van der Waals surface area contributed by atoms with Crippen LogP contribution in [0, 0.1) is 11.8 Å². The van der Waals surface area contributed by atoms with Crippen LogP contribution in [0.2, 0.25) is 0 Å². The van der Waals surface area contributed by atoms with E-state index in [9.17, 15) is 13.2 Å². The Morgan fingerprint density at radius 1 is 1.12 bits per heavy atom. The Hall–Kier alpha value is -0.290. The van der Waals surface area contributed by atoms with Crippen molar-refractivity contribution < 1.29 is 17.9 Å². The number of ether oxygens (including phenoxy) is 1. The molecule has 0 amide bonds. The van der Waals surface area contributed by atoms with E-state index in [0.29, 0.717) is 6.54 Å². The van der Waals surface area contributed by atoms with Crippen molar-refractivity contribution in [1.29, 1.82) is 0 Å². The lowest BCUT2D eigenvalue weighted by atomic mass is 9.95. The summed E-state index contributed by atoms with van der Waals surface area (Å²) in [6.07, 6.45) is -4.24. The van der Waals surface area contributed by atoms with Gasteiger partial charge in [-0.25, -0.2) is 0 Å². The van der Waals surface area contributed by atoms with Crippen LogP contribution in [-0.2, 0) is 4.74 Å². The minimum absolute atomic E-state index is 0.0306. The Bertz CT molecular complexity index is 209. The number of hydrogen-bond acceptors (Lipinski definition) is 2. The number of halogens is 3. The minimum Gasteiger partial charge on any atom is -0.372 e. The van der Waals surface area contributed by atoms with E-state index in [1.165, 1.54) is 0 Å². The van der Waals surface area contributed by atoms with Gasteiger partial charge in [0.05, 0.1) is 6.61 Å². The first-order valence-corrected chi connectivity index (χ1v) is 5.91. The van der Waals surface area contributed by atoms with E-state index in [1.54, 1.807) is 0 Å². The van der Waals surface area contributed by atoms with Gasteiger partial charge in [0, 0.05) is 12.1 Å². The molecule has 1 N–H and O–H groups in total. The van der Waals surface area contributed by atoms with Gasteiger partial charge in [-0.05, 0) is 32.6 Å². The molecule has 0 spiro atoms. The average Bonchev–Trinajstić information content (AvgIpc) is 2.06. The zero-order valence-corrected chi connectivity index (χ0v) is 11.3. The molecular weight excluding hydrogens is 231 g/mol. The fourth-order valence-electron chi connectivity index (χ4n) is 1.25. The Balaban J connectivity index is 4.00. The summed E-state index contributed by atoms with van der Waals surface area (Å²) in [5.41, 5.74) is -0.0306. The third-order valence-corrected chi connectivity index (χ3v) is 2.44. The van der Waals surface area contributed by atoms with Crippen LogP contribution in [0.3, 0.4) is 0 Å². The topological polar surface area (TPSA) is 21.3 Å². The van der Waals surface area contributed by atoms with Gasteiger partial charge in [0.2, 0.25) is 0 Å². The fraction of sp³-hybridized carbons (Fsp3) is 1.00. The molecule has 0 aliphatic heterocycles. The van der Waals surface area contributed by atoms with Gasteiger partial charge < -0.3 is 10.1 Å². The highest BCUT2D eigenvalue weighted by Crippen LogP contribution is 2.17. The predicted molar refractivity (Wildman–Crippen MR) is 63.0 cm³/mol. The van der Waals surface area contributed by atoms with Crippen molar-refractivity contribution in [1.82, 2.24) is 5.32 Å². The van der Waals surface area contributed by atoms with E-state index in [1.807, 2.05) is 34.6 Å². The highest BCUT2D eigenvalue weighted by atomic mass is 19.4. The first-order valence-electron chi connectivity index (χ1n) is 5.91. The lowest BCUT2D eigenvalue weighted by molar-refractivity contribution is -0.177. The highest BCUT2D eigenvalue weighted by Gasteiger charge is 2.28. The van der Waals surface area contributed by atoms with Gasteiger partial charge in [0.1, 0.15) is 6.61 Å². The minimum atomic E-state index is -4.24.